The van der Waals surface area contributed by atoms with Crippen LogP contribution in [0.2, 0.25) is 5.02 Å². The number of sulfonamides is 1. The van der Waals surface area contributed by atoms with Crippen LogP contribution in [0.25, 0.3) is 0 Å². The monoisotopic (exact) mass is 398 g/mol. The lowest BCUT2D eigenvalue weighted by Gasteiger charge is -2.24. The summed E-state index contributed by atoms with van der Waals surface area (Å²) in [5.74, 6) is 0.332. The summed E-state index contributed by atoms with van der Waals surface area (Å²) in [5.41, 5.74) is 0.671. The Bertz CT molecular complexity index is 902. The Morgan fingerprint density at radius 2 is 1.88 bits per heavy atom. The van der Waals surface area contributed by atoms with Crippen molar-refractivity contribution in [2.24, 2.45) is 0 Å². The van der Waals surface area contributed by atoms with E-state index in [-0.39, 0.29) is 11.4 Å². The number of rotatable bonds is 7. The average Bonchev–Trinajstić information content (AvgIpc) is 2.59. The fourth-order valence-corrected chi connectivity index (χ4v) is 3.29. The van der Waals surface area contributed by atoms with Crippen molar-refractivity contribution in [3.05, 3.63) is 47.5 Å². The largest absolute Gasteiger partial charge is 0.497 e. The van der Waals surface area contributed by atoms with Gasteiger partial charge in [-0.25, -0.2) is 8.42 Å². The normalized spacial score (nSPS) is 10.9. The number of ether oxygens (including phenoxy) is 2. The van der Waals surface area contributed by atoms with Gasteiger partial charge in [-0.1, -0.05) is 17.7 Å². The van der Waals surface area contributed by atoms with E-state index in [4.69, 9.17) is 21.1 Å². The van der Waals surface area contributed by atoms with Gasteiger partial charge in [-0.2, -0.15) is 0 Å². The number of nitrogens with one attached hydrogen (secondary N) is 1. The van der Waals surface area contributed by atoms with Gasteiger partial charge in [0.1, 0.15) is 18.0 Å². The van der Waals surface area contributed by atoms with E-state index in [1.54, 1.807) is 30.3 Å². The predicted octanol–water partition coefficient (Wildman–Crippen LogP) is 2.76. The predicted molar refractivity (Wildman–Crippen MR) is 102 cm³/mol. The van der Waals surface area contributed by atoms with Gasteiger partial charge >= 0.3 is 0 Å². The number of benzene rings is 2. The maximum atomic E-state index is 12.4. The second-order valence-electron chi connectivity index (χ2n) is 5.37. The van der Waals surface area contributed by atoms with Crippen molar-refractivity contribution in [3.63, 3.8) is 0 Å². The molecule has 140 valence electrons. The quantitative estimate of drug-likeness (QED) is 0.775. The molecule has 7 nitrogen and oxygen atoms in total. The van der Waals surface area contributed by atoms with Crippen molar-refractivity contribution in [1.29, 1.82) is 0 Å². The minimum Gasteiger partial charge on any atom is -0.497 e. The smallest absolute Gasteiger partial charge is 0.245 e. The number of hydrogen-bond donors (Lipinski definition) is 1. The molecule has 26 heavy (non-hydrogen) atoms. The number of halogens is 1. The molecule has 2 rings (SSSR count). The molecular formula is C17H19ClN2O5S. The Morgan fingerprint density at radius 1 is 1.15 bits per heavy atom. The summed E-state index contributed by atoms with van der Waals surface area (Å²) in [6, 6.07) is 11.3. The summed E-state index contributed by atoms with van der Waals surface area (Å²) in [5, 5.41) is 2.96. The van der Waals surface area contributed by atoms with E-state index in [1.165, 1.54) is 26.4 Å². The van der Waals surface area contributed by atoms with Gasteiger partial charge in [0, 0.05) is 16.8 Å². The summed E-state index contributed by atoms with van der Waals surface area (Å²) < 4.78 is 35.7. The number of nitrogens with zero attached hydrogens (tertiary/aromatic N) is 1. The highest BCUT2D eigenvalue weighted by Crippen LogP contribution is 2.32. The van der Waals surface area contributed by atoms with Gasteiger partial charge < -0.3 is 14.8 Å². The SMILES string of the molecule is COc1cccc(NC(=O)CN(c2cc(Cl)ccc2OC)S(C)(=O)=O)c1. The molecule has 0 atom stereocenters. The third-order valence-corrected chi connectivity index (χ3v) is 4.81. The van der Waals surface area contributed by atoms with Gasteiger partial charge in [0.05, 0.1) is 26.2 Å². The van der Waals surface area contributed by atoms with Crippen LogP contribution in [0, 0.1) is 0 Å². The number of anilines is 2. The Kier molecular flexibility index (Phi) is 6.33. The molecule has 2 aromatic rings. The molecule has 0 saturated carbocycles. The standard InChI is InChI=1S/C17H19ClN2O5S/c1-24-14-6-4-5-13(10-14)19-17(21)11-20(26(3,22)23)15-9-12(18)7-8-16(15)25-2/h4-10H,11H2,1-3H3,(H,19,21). The molecule has 0 fully saturated rings. The summed E-state index contributed by atoms with van der Waals surface area (Å²) >= 11 is 5.98. The first-order valence-electron chi connectivity index (χ1n) is 7.49. The van der Waals surface area contributed by atoms with Crippen LogP contribution in [0.4, 0.5) is 11.4 Å². The molecule has 0 aliphatic carbocycles. The molecule has 1 amide bonds. The lowest BCUT2D eigenvalue weighted by atomic mass is 10.3. The Balaban J connectivity index is 2.29. The topological polar surface area (TPSA) is 84.9 Å². The number of methoxy groups -OCH3 is 2. The van der Waals surface area contributed by atoms with E-state index in [0.717, 1.165) is 10.6 Å². The lowest BCUT2D eigenvalue weighted by molar-refractivity contribution is -0.114. The first-order valence-corrected chi connectivity index (χ1v) is 9.72. The first kappa shape index (κ1) is 19.9. The average molecular weight is 399 g/mol. The van der Waals surface area contributed by atoms with Crippen molar-refractivity contribution < 1.29 is 22.7 Å². The van der Waals surface area contributed by atoms with Crippen LogP contribution in [0.1, 0.15) is 0 Å². The first-order chi connectivity index (χ1) is 12.2. The Labute approximate surface area is 157 Å². The third-order valence-electron chi connectivity index (χ3n) is 3.45. The van der Waals surface area contributed by atoms with E-state index >= 15 is 0 Å². The molecular weight excluding hydrogens is 380 g/mol. The minimum absolute atomic E-state index is 0.184. The summed E-state index contributed by atoms with van der Waals surface area (Å²) in [4.78, 5) is 12.4. The molecule has 1 N–H and O–H groups in total. The van der Waals surface area contributed by atoms with Crippen LogP contribution in [0.5, 0.6) is 11.5 Å². The number of hydrogen-bond acceptors (Lipinski definition) is 5. The fraction of sp³-hybridized carbons (Fsp3) is 0.235. The Hall–Kier alpha value is -2.45. The second kappa shape index (κ2) is 8.29. The van der Waals surface area contributed by atoms with Crippen LogP contribution < -0.4 is 19.1 Å². The van der Waals surface area contributed by atoms with Gasteiger partial charge in [0.25, 0.3) is 0 Å². The van der Waals surface area contributed by atoms with Gasteiger partial charge in [-0.15, -0.1) is 0 Å². The van der Waals surface area contributed by atoms with Crippen molar-refractivity contribution in [1.82, 2.24) is 0 Å². The maximum absolute atomic E-state index is 12.4. The minimum atomic E-state index is -3.76. The van der Waals surface area contributed by atoms with Gasteiger partial charge in [0.15, 0.2) is 0 Å². The highest BCUT2D eigenvalue weighted by Gasteiger charge is 2.24. The molecule has 0 bridgehead atoms. The second-order valence-corrected chi connectivity index (χ2v) is 7.71. The molecule has 0 radical (unpaired) electrons. The molecule has 2 aromatic carbocycles. The molecule has 0 aliphatic rings. The van der Waals surface area contributed by atoms with Crippen LogP contribution >= 0.6 is 11.6 Å². The molecule has 0 saturated heterocycles. The molecule has 0 aliphatic heterocycles. The molecule has 0 aromatic heterocycles. The van der Waals surface area contributed by atoms with Crippen LogP contribution in [0.3, 0.4) is 0 Å². The van der Waals surface area contributed by atoms with E-state index in [0.29, 0.717) is 16.5 Å². The van der Waals surface area contributed by atoms with Crippen LogP contribution in [-0.2, 0) is 14.8 Å². The highest BCUT2D eigenvalue weighted by molar-refractivity contribution is 7.92. The fourth-order valence-electron chi connectivity index (χ4n) is 2.27. The van der Waals surface area contributed by atoms with Crippen molar-refractivity contribution in [3.8, 4) is 11.5 Å². The molecule has 0 spiro atoms. The van der Waals surface area contributed by atoms with Crippen molar-refractivity contribution in [2.75, 3.05) is 36.6 Å². The summed E-state index contributed by atoms with van der Waals surface area (Å²) in [6.45, 7) is -0.438. The zero-order valence-electron chi connectivity index (χ0n) is 14.5. The van der Waals surface area contributed by atoms with Crippen molar-refractivity contribution in [2.45, 2.75) is 0 Å². The maximum Gasteiger partial charge on any atom is 0.245 e. The van der Waals surface area contributed by atoms with Gasteiger partial charge in [-0.05, 0) is 30.3 Å². The van der Waals surface area contributed by atoms with Gasteiger partial charge in [-0.3, -0.25) is 9.10 Å². The summed E-state index contributed by atoms with van der Waals surface area (Å²) in [7, 11) is -0.840. The van der Waals surface area contributed by atoms with E-state index < -0.39 is 22.5 Å². The number of amides is 1. The third kappa shape index (κ3) is 5.03. The van der Waals surface area contributed by atoms with Crippen LogP contribution in [0.15, 0.2) is 42.5 Å². The zero-order chi connectivity index (χ0) is 19.3. The number of carbonyl (C=O) groups excluding carboxylic acids is 1. The number of carbonyl (C=O) groups is 1. The van der Waals surface area contributed by atoms with E-state index in [2.05, 4.69) is 5.32 Å². The highest BCUT2D eigenvalue weighted by atomic mass is 35.5. The Morgan fingerprint density at radius 3 is 2.50 bits per heavy atom. The molecule has 0 heterocycles. The molecule has 9 heteroatoms. The van der Waals surface area contributed by atoms with Crippen molar-refractivity contribution >= 4 is 38.9 Å². The lowest BCUT2D eigenvalue weighted by Crippen LogP contribution is -2.37. The molecule has 0 unspecified atom stereocenters. The zero-order valence-corrected chi connectivity index (χ0v) is 16.1. The van der Waals surface area contributed by atoms with Gasteiger partial charge in [0.2, 0.25) is 15.9 Å². The van der Waals surface area contributed by atoms with E-state index in [9.17, 15) is 13.2 Å². The van der Waals surface area contributed by atoms with E-state index in [1.807, 2.05) is 0 Å². The summed E-state index contributed by atoms with van der Waals surface area (Å²) in [6.07, 6.45) is 1.01. The van der Waals surface area contributed by atoms with Crippen LogP contribution in [-0.4, -0.2) is 41.3 Å².